The first-order chi connectivity index (χ1) is 6.20. The number of nitrogens with zero attached hydrogens (tertiary/aromatic N) is 1. The quantitative estimate of drug-likeness (QED) is 0.692. The molecule has 0 N–H and O–H groups in total. The maximum atomic E-state index is 8.79. The van der Waals surface area contributed by atoms with Crippen molar-refractivity contribution in [1.29, 1.82) is 5.26 Å². The van der Waals surface area contributed by atoms with Crippen molar-refractivity contribution in [2.75, 3.05) is 7.11 Å². The van der Waals surface area contributed by atoms with Gasteiger partial charge in [-0.15, -0.1) is 0 Å². The zero-order chi connectivity index (χ0) is 9.84. The van der Waals surface area contributed by atoms with Gasteiger partial charge in [-0.3, -0.25) is 0 Å². The average Bonchev–Trinajstić information content (AvgIpc) is 2.17. The molecule has 2 heteroatoms. The first-order valence-electron chi connectivity index (χ1n) is 4.23. The van der Waals surface area contributed by atoms with Crippen LogP contribution in [0, 0.1) is 18.3 Å². The van der Waals surface area contributed by atoms with Crippen LogP contribution in [0.1, 0.15) is 24.0 Å². The molecule has 0 aliphatic carbocycles. The summed E-state index contributed by atoms with van der Waals surface area (Å²) in [6.07, 6.45) is 0. The van der Waals surface area contributed by atoms with Crippen LogP contribution in [0.15, 0.2) is 18.2 Å². The van der Waals surface area contributed by atoms with Crippen LogP contribution in [0.3, 0.4) is 0 Å². The number of hydrogen-bond acceptors (Lipinski definition) is 2. The van der Waals surface area contributed by atoms with E-state index in [1.165, 1.54) is 0 Å². The van der Waals surface area contributed by atoms with E-state index in [-0.39, 0.29) is 5.92 Å². The molecule has 13 heavy (non-hydrogen) atoms. The highest BCUT2D eigenvalue weighted by Crippen LogP contribution is 2.26. The molecule has 2 nitrogen and oxygen atoms in total. The van der Waals surface area contributed by atoms with Gasteiger partial charge in [0.2, 0.25) is 0 Å². The summed E-state index contributed by atoms with van der Waals surface area (Å²) in [7, 11) is 1.64. The Kier molecular flexibility index (Phi) is 2.92. The standard InChI is InChI=1S/C11H13NO/c1-8(7-12)10-5-4-6-11(13-3)9(10)2/h4-6,8H,1-3H3. The molecule has 0 heterocycles. The van der Waals surface area contributed by atoms with Gasteiger partial charge in [0.15, 0.2) is 0 Å². The number of hydrogen-bond donors (Lipinski definition) is 0. The van der Waals surface area contributed by atoms with E-state index in [2.05, 4.69) is 6.07 Å². The molecule has 0 fully saturated rings. The fraction of sp³-hybridized carbons (Fsp3) is 0.364. The van der Waals surface area contributed by atoms with E-state index in [0.717, 1.165) is 16.9 Å². The van der Waals surface area contributed by atoms with Crippen LogP contribution in [0.25, 0.3) is 0 Å². The Labute approximate surface area is 78.8 Å². The smallest absolute Gasteiger partial charge is 0.122 e. The lowest BCUT2D eigenvalue weighted by Gasteiger charge is -2.10. The van der Waals surface area contributed by atoms with Crippen LogP contribution in [0.2, 0.25) is 0 Å². The van der Waals surface area contributed by atoms with Crippen molar-refractivity contribution < 1.29 is 4.74 Å². The van der Waals surface area contributed by atoms with Gasteiger partial charge in [0.25, 0.3) is 0 Å². The molecule has 1 rings (SSSR count). The minimum atomic E-state index is -0.0740. The number of nitriles is 1. The summed E-state index contributed by atoms with van der Waals surface area (Å²) in [5.41, 5.74) is 2.10. The molecular formula is C11H13NO. The van der Waals surface area contributed by atoms with Crippen LogP contribution in [-0.4, -0.2) is 7.11 Å². The highest BCUT2D eigenvalue weighted by atomic mass is 16.5. The van der Waals surface area contributed by atoms with Gasteiger partial charge in [-0.25, -0.2) is 0 Å². The molecule has 0 spiro atoms. The van der Waals surface area contributed by atoms with Gasteiger partial charge in [0.05, 0.1) is 19.1 Å². The first-order valence-corrected chi connectivity index (χ1v) is 4.23. The van der Waals surface area contributed by atoms with E-state index in [9.17, 15) is 0 Å². The van der Waals surface area contributed by atoms with Gasteiger partial charge in [0, 0.05) is 0 Å². The lowest BCUT2D eigenvalue weighted by Crippen LogP contribution is -1.96. The molecule has 0 bridgehead atoms. The second-order valence-electron chi connectivity index (χ2n) is 3.03. The van der Waals surface area contributed by atoms with E-state index >= 15 is 0 Å². The molecule has 0 aromatic heterocycles. The van der Waals surface area contributed by atoms with Crippen molar-refractivity contribution in [3.63, 3.8) is 0 Å². The summed E-state index contributed by atoms with van der Waals surface area (Å²) in [5.74, 6) is 0.773. The van der Waals surface area contributed by atoms with Crippen molar-refractivity contribution in [3.05, 3.63) is 29.3 Å². The predicted octanol–water partition coefficient (Wildman–Crippen LogP) is 2.63. The zero-order valence-electron chi connectivity index (χ0n) is 8.16. The molecule has 0 aliphatic rings. The van der Waals surface area contributed by atoms with Crippen molar-refractivity contribution in [1.82, 2.24) is 0 Å². The van der Waals surface area contributed by atoms with E-state index in [1.54, 1.807) is 7.11 Å². The van der Waals surface area contributed by atoms with E-state index in [1.807, 2.05) is 32.0 Å². The Morgan fingerprint density at radius 2 is 2.15 bits per heavy atom. The number of benzene rings is 1. The molecule has 68 valence electrons. The van der Waals surface area contributed by atoms with Gasteiger partial charge in [-0.05, 0) is 31.0 Å². The third kappa shape index (κ3) is 1.81. The van der Waals surface area contributed by atoms with Gasteiger partial charge >= 0.3 is 0 Å². The van der Waals surface area contributed by atoms with Crippen molar-refractivity contribution in [2.24, 2.45) is 0 Å². The number of methoxy groups -OCH3 is 1. The molecule has 1 aromatic rings. The topological polar surface area (TPSA) is 33.0 Å². The molecule has 0 radical (unpaired) electrons. The molecule has 0 amide bonds. The normalized spacial score (nSPS) is 11.8. The zero-order valence-corrected chi connectivity index (χ0v) is 8.16. The molecule has 1 aromatic carbocycles. The van der Waals surface area contributed by atoms with Crippen LogP contribution >= 0.6 is 0 Å². The van der Waals surface area contributed by atoms with Crippen LogP contribution in [0.5, 0.6) is 5.75 Å². The SMILES string of the molecule is COc1cccc(C(C)C#N)c1C. The molecular weight excluding hydrogens is 162 g/mol. The van der Waals surface area contributed by atoms with Gasteiger partial charge in [-0.1, -0.05) is 12.1 Å². The monoisotopic (exact) mass is 175 g/mol. The van der Waals surface area contributed by atoms with Crippen LogP contribution in [-0.2, 0) is 0 Å². The Morgan fingerprint density at radius 3 is 2.69 bits per heavy atom. The summed E-state index contributed by atoms with van der Waals surface area (Å²) >= 11 is 0. The highest BCUT2D eigenvalue weighted by Gasteiger charge is 2.09. The average molecular weight is 175 g/mol. The van der Waals surface area contributed by atoms with Gasteiger partial charge in [0.1, 0.15) is 5.75 Å². The maximum Gasteiger partial charge on any atom is 0.122 e. The fourth-order valence-corrected chi connectivity index (χ4v) is 1.39. The maximum absolute atomic E-state index is 8.79. The second-order valence-corrected chi connectivity index (χ2v) is 3.03. The summed E-state index contributed by atoms with van der Waals surface area (Å²) in [5, 5.41) is 8.79. The first kappa shape index (κ1) is 9.60. The second kappa shape index (κ2) is 3.95. The molecule has 0 aliphatic heterocycles. The molecule has 0 saturated carbocycles. The Hall–Kier alpha value is -1.49. The van der Waals surface area contributed by atoms with Crippen LogP contribution in [0.4, 0.5) is 0 Å². The lowest BCUT2D eigenvalue weighted by atomic mass is 9.97. The van der Waals surface area contributed by atoms with Crippen molar-refractivity contribution in [3.8, 4) is 11.8 Å². The number of rotatable bonds is 2. The molecule has 0 saturated heterocycles. The summed E-state index contributed by atoms with van der Waals surface area (Å²) in [6, 6.07) is 8.00. The van der Waals surface area contributed by atoms with E-state index in [0.29, 0.717) is 0 Å². The third-order valence-electron chi connectivity index (χ3n) is 2.21. The largest absolute Gasteiger partial charge is 0.496 e. The van der Waals surface area contributed by atoms with E-state index < -0.39 is 0 Å². The lowest BCUT2D eigenvalue weighted by molar-refractivity contribution is 0.411. The summed E-state index contributed by atoms with van der Waals surface area (Å²) in [4.78, 5) is 0. The highest BCUT2D eigenvalue weighted by molar-refractivity contribution is 5.42. The van der Waals surface area contributed by atoms with E-state index in [4.69, 9.17) is 10.00 Å². The minimum absolute atomic E-state index is 0.0740. The fourth-order valence-electron chi connectivity index (χ4n) is 1.39. The van der Waals surface area contributed by atoms with Crippen LogP contribution < -0.4 is 4.74 Å². The predicted molar refractivity (Wildman–Crippen MR) is 51.8 cm³/mol. The Morgan fingerprint density at radius 1 is 1.46 bits per heavy atom. The Balaban J connectivity index is 3.17. The summed E-state index contributed by atoms with van der Waals surface area (Å²) < 4.78 is 5.17. The minimum Gasteiger partial charge on any atom is -0.496 e. The Bertz CT molecular complexity index is 338. The molecule has 1 unspecified atom stereocenters. The van der Waals surface area contributed by atoms with Gasteiger partial charge < -0.3 is 4.74 Å². The summed E-state index contributed by atoms with van der Waals surface area (Å²) in [6.45, 7) is 3.86. The van der Waals surface area contributed by atoms with Crippen molar-refractivity contribution in [2.45, 2.75) is 19.8 Å². The third-order valence-corrected chi connectivity index (χ3v) is 2.21. The molecule has 1 atom stereocenters. The van der Waals surface area contributed by atoms with Gasteiger partial charge in [-0.2, -0.15) is 5.26 Å². The van der Waals surface area contributed by atoms with Crippen molar-refractivity contribution >= 4 is 0 Å². The number of ether oxygens (including phenoxy) is 1.